The molecule has 0 saturated heterocycles. The number of hydrogen-bond acceptors (Lipinski definition) is 6. The van der Waals surface area contributed by atoms with E-state index in [0.717, 1.165) is 10.7 Å². The molecule has 150 valence electrons. The van der Waals surface area contributed by atoms with Crippen molar-refractivity contribution in [1.29, 1.82) is 0 Å². The number of carbonyl (C=O) groups excluding carboxylic acids is 1. The van der Waals surface area contributed by atoms with Gasteiger partial charge in [0.1, 0.15) is 5.58 Å². The molecule has 0 N–H and O–H groups in total. The lowest BCUT2D eigenvalue weighted by Gasteiger charge is -2.09. The molecule has 4 aromatic rings. The third-order valence-electron chi connectivity index (χ3n) is 4.48. The second-order valence-corrected chi connectivity index (χ2v) is 9.34. The molecule has 0 bridgehead atoms. The molecule has 2 aromatic heterocycles. The standard InChI is InChI=1S/C20H17BrN2O5S/c1-3-27-19(24)18-14(13-10-12(21)8-9-17(13)28-18)11-23-16-7-5-4-6-15(16)22-20(23)29(2,25)26/h4-10H,3,11H2,1-2H3. The van der Waals surface area contributed by atoms with Crippen molar-refractivity contribution in [2.24, 2.45) is 0 Å². The fourth-order valence-corrected chi connectivity index (χ4v) is 4.48. The second kappa shape index (κ2) is 7.31. The van der Waals surface area contributed by atoms with Crippen LogP contribution in [0.15, 0.2) is 56.5 Å². The molecular formula is C20H17BrN2O5S. The Kier molecular flexibility index (Phi) is 4.95. The number of benzene rings is 2. The fraction of sp³-hybridized carbons (Fsp3) is 0.200. The lowest BCUT2D eigenvalue weighted by atomic mass is 10.1. The number of rotatable bonds is 5. The third kappa shape index (κ3) is 3.56. The van der Waals surface area contributed by atoms with Crippen LogP contribution in [-0.2, 0) is 21.1 Å². The van der Waals surface area contributed by atoms with Gasteiger partial charge >= 0.3 is 5.97 Å². The topological polar surface area (TPSA) is 91.4 Å². The molecule has 0 radical (unpaired) electrons. The zero-order valence-corrected chi connectivity index (χ0v) is 18.1. The molecule has 0 atom stereocenters. The Bertz CT molecular complexity index is 1350. The number of nitrogens with zero attached hydrogens (tertiary/aromatic N) is 2. The minimum atomic E-state index is -3.61. The molecule has 0 aliphatic rings. The van der Waals surface area contributed by atoms with Gasteiger partial charge in [-0.25, -0.2) is 18.2 Å². The van der Waals surface area contributed by atoms with Gasteiger partial charge in [0.2, 0.25) is 20.8 Å². The van der Waals surface area contributed by atoms with E-state index in [1.807, 2.05) is 12.1 Å². The quantitative estimate of drug-likeness (QED) is 0.401. The van der Waals surface area contributed by atoms with E-state index in [2.05, 4.69) is 20.9 Å². The van der Waals surface area contributed by atoms with Crippen LogP contribution in [0, 0.1) is 0 Å². The van der Waals surface area contributed by atoms with E-state index >= 15 is 0 Å². The number of furan rings is 1. The summed E-state index contributed by atoms with van der Waals surface area (Å²) >= 11 is 3.43. The first kappa shape index (κ1) is 19.7. The maximum absolute atomic E-state index is 12.5. The highest BCUT2D eigenvalue weighted by Gasteiger charge is 2.26. The Labute approximate surface area is 175 Å². The number of imidazole rings is 1. The summed E-state index contributed by atoms with van der Waals surface area (Å²) < 4.78 is 38.1. The summed E-state index contributed by atoms with van der Waals surface area (Å²) in [6, 6.07) is 12.5. The molecule has 0 amide bonds. The Morgan fingerprint density at radius 3 is 2.72 bits per heavy atom. The zero-order valence-electron chi connectivity index (χ0n) is 15.7. The van der Waals surface area contributed by atoms with Crippen molar-refractivity contribution < 1.29 is 22.4 Å². The van der Waals surface area contributed by atoms with Crippen LogP contribution >= 0.6 is 15.9 Å². The Hall–Kier alpha value is -2.65. The summed E-state index contributed by atoms with van der Waals surface area (Å²) in [6.45, 7) is 1.99. The van der Waals surface area contributed by atoms with Gasteiger partial charge in [-0.15, -0.1) is 0 Å². The van der Waals surface area contributed by atoms with Gasteiger partial charge in [-0.05, 0) is 37.3 Å². The smallest absolute Gasteiger partial charge is 0.374 e. The van der Waals surface area contributed by atoms with Crippen LogP contribution in [0.5, 0.6) is 0 Å². The monoisotopic (exact) mass is 476 g/mol. The highest BCUT2D eigenvalue weighted by molar-refractivity contribution is 9.10. The zero-order chi connectivity index (χ0) is 20.8. The molecule has 7 nitrogen and oxygen atoms in total. The summed E-state index contributed by atoms with van der Waals surface area (Å²) in [5.41, 5.74) is 2.25. The summed E-state index contributed by atoms with van der Waals surface area (Å²) in [5, 5.41) is 0.623. The van der Waals surface area contributed by atoms with Gasteiger partial charge < -0.3 is 13.7 Å². The summed E-state index contributed by atoms with van der Waals surface area (Å²) in [6.07, 6.45) is 1.11. The maximum Gasteiger partial charge on any atom is 0.374 e. The minimum Gasteiger partial charge on any atom is -0.460 e. The number of esters is 1. The maximum atomic E-state index is 12.5. The van der Waals surface area contributed by atoms with Crippen molar-refractivity contribution in [3.8, 4) is 0 Å². The fourth-order valence-electron chi connectivity index (χ4n) is 3.29. The van der Waals surface area contributed by atoms with E-state index < -0.39 is 15.8 Å². The van der Waals surface area contributed by atoms with Crippen molar-refractivity contribution in [2.75, 3.05) is 12.9 Å². The number of fused-ring (bicyclic) bond motifs is 2. The highest BCUT2D eigenvalue weighted by atomic mass is 79.9. The second-order valence-electron chi connectivity index (χ2n) is 6.51. The van der Waals surface area contributed by atoms with Crippen LogP contribution < -0.4 is 0 Å². The number of hydrogen-bond donors (Lipinski definition) is 0. The molecule has 2 heterocycles. The molecule has 9 heteroatoms. The molecule has 0 saturated carbocycles. The number of para-hydroxylation sites is 2. The van der Waals surface area contributed by atoms with Gasteiger partial charge in [-0.1, -0.05) is 28.1 Å². The molecule has 0 aliphatic heterocycles. The van der Waals surface area contributed by atoms with Gasteiger partial charge in [-0.3, -0.25) is 0 Å². The van der Waals surface area contributed by atoms with Gasteiger partial charge in [0.15, 0.2) is 0 Å². The van der Waals surface area contributed by atoms with Gasteiger partial charge in [0.25, 0.3) is 0 Å². The van der Waals surface area contributed by atoms with Crippen LogP contribution in [-0.4, -0.2) is 36.8 Å². The van der Waals surface area contributed by atoms with Crippen LogP contribution in [0.1, 0.15) is 23.0 Å². The van der Waals surface area contributed by atoms with E-state index in [9.17, 15) is 13.2 Å². The van der Waals surface area contributed by atoms with Crippen molar-refractivity contribution in [3.63, 3.8) is 0 Å². The van der Waals surface area contributed by atoms with Crippen molar-refractivity contribution in [1.82, 2.24) is 9.55 Å². The number of aromatic nitrogens is 2. The molecule has 4 rings (SSSR count). The minimum absolute atomic E-state index is 0.0529. The van der Waals surface area contributed by atoms with Crippen molar-refractivity contribution in [3.05, 3.63) is 58.3 Å². The average molecular weight is 477 g/mol. The molecule has 0 unspecified atom stereocenters. The van der Waals surface area contributed by atoms with Crippen LogP contribution in [0.3, 0.4) is 0 Å². The van der Waals surface area contributed by atoms with Gasteiger partial charge in [0.05, 0.1) is 24.2 Å². The Morgan fingerprint density at radius 1 is 1.24 bits per heavy atom. The predicted molar refractivity (Wildman–Crippen MR) is 112 cm³/mol. The number of ether oxygens (including phenoxy) is 1. The largest absolute Gasteiger partial charge is 0.460 e. The highest BCUT2D eigenvalue weighted by Crippen LogP contribution is 2.32. The first-order chi connectivity index (χ1) is 13.8. The summed E-state index contributed by atoms with van der Waals surface area (Å²) in [4.78, 5) is 16.8. The molecule has 0 spiro atoms. The predicted octanol–water partition coefficient (Wildman–Crippen LogP) is 4.17. The Morgan fingerprint density at radius 2 is 2.00 bits per heavy atom. The van der Waals surface area contributed by atoms with E-state index in [4.69, 9.17) is 9.15 Å². The normalized spacial score (nSPS) is 12.0. The van der Waals surface area contributed by atoms with E-state index in [0.29, 0.717) is 27.6 Å². The Balaban J connectivity index is 1.98. The van der Waals surface area contributed by atoms with E-state index in [1.54, 1.807) is 41.8 Å². The first-order valence-electron chi connectivity index (χ1n) is 8.83. The van der Waals surface area contributed by atoms with Crippen molar-refractivity contribution in [2.45, 2.75) is 18.6 Å². The van der Waals surface area contributed by atoms with E-state index in [1.165, 1.54) is 0 Å². The lowest BCUT2D eigenvalue weighted by Crippen LogP contribution is -2.13. The first-order valence-corrected chi connectivity index (χ1v) is 11.5. The van der Waals surface area contributed by atoms with E-state index in [-0.39, 0.29) is 24.1 Å². The molecule has 0 aliphatic carbocycles. The van der Waals surface area contributed by atoms with Crippen molar-refractivity contribution >= 4 is 53.7 Å². The number of halogens is 1. The molecule has 2 aromatic carbocycles. The van der Waals surface area contributed by atoms with Crippen LogP contribution in [0.2, 0.25) is 0 Å². The van der Waals surface area contributed by atoms with Crippen LogP contribution in [0.4, 0.5) is 0 Å². The summed E-state index contributed by atoms with van der Waals surface area (Å²) in [5.74, 6) is -0.544. The molecule has 0 fully saturated rings. The summed E-state index contributed by atoms with van der Waals surface area (Å²) in [7, 11) is -3.61. The number of carbonyl (C=O) groups is 1. The molecular weight excluding hydrogens is 460 g/mol. The van der Waals surface area contributed by atoms with Gasteiger partial charge in [-0.2, -0.15) is 0 Å². The molecule has 29 heavy (non-hydrogen) atoms. The lowest BCUT2D eigenvalue weighted by molar-refractivity contribution is 0.0490. The number of sulfone groups is 1. The van der Waals surface area contributed by atoms with Gasteiger partial charge in [0, 0.05) is 21.7 Å². The SMILES string of the molecule is CCOC(=O)c1oc2ccc(Br)cc2c1Cn1c(S(C)(=O)=O)nc2ccccc21. The third-order valence-corrected chi connectivity index (χ3v) is 5.95. The average Bonchev–Trinajstić information content (AvgIpc) is 3.21. The van der Waals surface area contributed by atoms with Crippen LogP contribution in [0.25, 0.3) is 22.0 Å².